The van der Waals surface area contributed by atoms with E-state index in [9.17, 15) is 4.79 Å². The summed E-state index contributed by atoms with van der Waals surface area (Å²) in [6.45, 7) is 3.48. The van der Waals surface area contributed by atoms with E-state index in [1.165, 1.54) is 23.1 Å². The maximum absolute atomic E-state index is 12.2. The molecule has 1 aromatic carbocycles. The van der Waals surface area contributed by atoms with E-state index >= 15 is 0 Å². The summed E-state index contributed by atoms with van der Waals surface area (Å²) in [6, 6.07) is 9.47. The summed E-state index contributed by atoms with van der Waals surface area (Å²) in [5, 5.41) is 4.09. The molecule has 6 nitrogen and oxygen atoms in total. The van der Waals surface area contributed by atoms with Crippen LogP contribution in [0.4, 0.5) is 0 Å². The Bertz CT molecular complexity index is 1000. The van der Waals surface area contributed by atoms with Gasteiger partial charge in [0.1, 0.15) is 10.3 Å². The highest BCUT2D eigenvalue weighted by molar-refractivity contribution is 8.01. The summed E-state index contributed by atoms with van der Waals surface area (Å²) < 4.78 is 6.66. The van der Waals surface area contributed by atoms with Crippen LogP contribution in [-0.4, -0.2) is 58.9 Å². The maximum Gasteiger partial charge on any atom is 0.230 e. The maximum atomic E-state index is 12.2. The molecule has 1 amide bonds. The van der Waals surface area contributed by atoms with Crippen molar-refractivity contribution in [2.75, 3.05) is 32.0 Å². The van der Waals surface area contributed by atoms with Crippen molar-refractivity contribution in [2.45, 2.75) is 17.0 Å². The molecule has 4 rings (SSSR count). The average Bonchev–Trinajstić information content (AvgIpc) is 3.17. The van der Waals surface area contributed by atoms with E-state index in [-0.39, 0.29) is 12.0 Å². The number of nitrogens with zero attached hydrogens (tertiary/aromatic N) is 3. The molecule has 10 heteroatoms. The summed E-state index contributed by atoms with van der Waals surface area (Å²) in [5.41, 5.74) is 1.97. The Labute approximate surface area is 192 Å². The zero-order chi connectivity index (χ0) is 20.9. The Hall–Kier alpha value is -1.42. The number of hydrogen-bond acceptors (Lipinski definition) is 7. The highest BCUT2D eigenvalue weighted by Crippen LogP contribution is 2.27. The van der Waals surface area contributed by atoms with Gasteiger partial charge in [-0.1, -0.05) is 52.4 Å². The van der Waals surface area contributed by atoms with Gasteiger partial charge in [0.05, 0.1) is 28.5 Å². The number of rotatable bonds is 7. The smallest absolute Gasteiger partial charge is 0.230 e. The van der Waals surface area contributed by atoms with Crippen molar-refractivity contribution in [3.05, 3.63) is 52.1 Å². The van der Waals surface area contributed by atoms with Crippen LogP contribution in [0.5, 0.6) is 0 Å². The van der Waals surface area contributed by atoms with Gasteiger partial charge in [0.2, 0.25) is 5.91 Å². The lowest BCUT2D eigenvalue weighted by Crippen LogP contribution is -2.47. The fraction of sp³-hybridized carbons (Fsp3) is 0.350. The van der Waals surface area contributed by atoms with Crippen LogP contribution in [-0.2, 0) is 16.1 Å². The second-order valence-corrected chi connectivity index (χ2v) is 9.89. The topological polar surface area (TPSA) is 67.4 Å². The number of pyridine rings is 1. The minimum absolute atomic E-state index is 0.0302. The summed E-state index contributed by atoms with van der Waals surface area (Å²) in [6.07, 6.45) is 1.71. The third kappa shape index (κ3) is 5.84. The lowest BCUT2D eigenvalue weighted by molar-refractivity contribution is -0.119. The van der Waals surface area contributed by atoms with Gasteiger partial charge < -0.3 is 10.1 Å². The summed E-state index contributed by atoms with van der Waals surface area (Å²) in [5.74, 6) is 0.289. The molecule has 3 aromatic rings. The number of halogens is 2. The van der Waals surface area contributed by atoms with Crippen molar-refractivity contribution in [1.82, 2.24) is 20.2 Å². The van der Waals surface area contributed by atoms with Crippen molar-refractivity contribution in [3.8, 4) is 0 Å². The van der Waals surface area contributed by atoms with E-state index in [4.69, 9.17) is 27.9 Å². The first kappa shape index (κ1) is 21.8. The zero-order valence-corrected chi connectivity index (χ0v) is 19.2. The fourth-order valence-electron chi connectivity index (χ4n) is 3.16. The number of carbonyl (C=O) groups is 1. The van der Waals surface area contributed by atoms with Crippen molar-refractivity contribution in [2.24, 2.45) is 0 Å². The van der Waals surface area contributed by atoms with E-state index in [2.05, 4.69) is 20.2 Å². The first-order valence-corrected chi connectivity index (χ1v) is 12.0. The molecule has 158 valence electrons. The molecule has 1 saturated heterocycles. The van der Waals surface area contributed by atoms with E-state index in [1.807, 2.05) is 30.3 Å². The fourth-order valence-corrected chi connectivity index (χ4v) is 5.29. The summed E-state index contributed by atoms with van der Waals surface area (Å²) >= 11 is 15.0. The number of benzene rings is 1. The van der Waals surface area contributed by atoms with Gasteiger partial charge in [-0.25, -0.2) is 9.97 Å². The number of nitrogens with one attached hydrogen (secondary N) is 1. The second kappa shape index (κ2) is 10.3. The number of carbonyl (C=O) groups excluding carboxylic acids is 1. The molecule has 0 aliphatic carbocycles. The number of thioether (sulfide) groups is 1. The van der Waals surface area contributed by atoms with Crippen molar-refractivity contribution < 1.29 is 9.53 Å². The molecule has 0 spiro atoms. The molecule has 1 N–H and O–H groups in total. The normalized spacial score (nSPS) is 17.3. The molecule has 1 aliphatic rings. The minimum atomic E-state index is -0.0397. The van der Waals surface area contributed by atoms with Gasteiger partial charge in [-0.2, -0.15) is 0 Å². The number of thiazole rings is 1. The SMILES string of the molecule is O=C(CSc1nc2cccnc2s1)NCC1CN(Cc2ccc(Cl)c(Cl)c2)CCO1. The number of fused-ring (bicyclic) bond motifs is 1. The van der Waals surface area contributed by atoms with Crippen LogP contribution in [0.2, 0.25) is 10.0 Å². The molecule has 1 aliphatic heterocycles. The van der Waals surface area contributed by atoms with Crippen molar-refractivity contribution in [3.63, 3.8) is 0 Å². The van der Waals surface area contributed by atoms with Crippen molar-refractivity contribution >= 4 is 62.6 Å². The van der Waals surface area contributed by atoms with Gasteiger partial charge in [0.15, 0.2) is 4.34 Å². The van der Waals surface area contributed by atoms with Crippen LogP contribution in [0.25, 0.3) is 10.3 Å². The number of aromatic nitrogens is 2. The standard InChI is InChI=1S/C20H20Cl2N4O2S2/c21-15-4-3-13(8-16(15)22)10-26-6-7-28-14(11-26)9-24-18(27)12-29-20-25-17-2-1-5-23-19(17)30-20/h1-5,8,14H,6-7,9-12H2,(H,24,27). The molecular formula is C20H20Cl2N4O2S2. The van der Waals surface area contributed by atoms with Crippen LogP contribution in [0.1, 0.15) is 5.56 Å². The molecule has 2 aromatic heterocycles. The molecule has 1 unspecified atom stereocenters. The molecule has 0 radical (unpaired) electrons. The third-order valence-electron chi connectivity index (χ3n) is 4.61. The molecule has 1 atom stereocenters. The highest BCUT2D eigenvalue weighted by atomic mass is 35.5. The molecule has 0 bridgehead atoms. The number of morpholine rings is 1. The van der Waals surface area contributed by atoms with Gasteiger partial charge in [-0.3, -0.25) is 9.69 Å². The lowest BCUT2D eigenvalue weighted by Gasteiger charge is -2.33. The Balaban J connectivity index is 1.21. The van der Waals surface area contributed by atoms with E-state index < -0.39 is 0 Å². The van der Waals surface area contributed by atoms with E-state index in [0.29, 0.717) is 28.9 Å². The highest BCUT2D eigenvalue weighted by Gasteiger charge is 2.21. The quantitative estimate of drug-likeness (QED) is 0.511. The number of amides is 1. The molecule has 30 heavy (non-hydrogen) atoms. The monoisotopic (exact) mass is 482 g/mol. The minimum Gasteiger partial charge on any atom is -0.374 e. The Morgan fingerprint density at radius 3 is 3.07 bits per heavy atom. The molecular weight excluding hydrogens is 463 g/mol. The lowest BCUT2D eigenvalue weighted by atomic mass is 10.2. The van der Waals surface area contributed by atoms with Gasteiger partial charge in [0, 0.05) is 32.4 Å². The number of hydrogen-bond donors (Lipinski definition) is 1. The largest absolute Gasteiger partial charge is 0.374 e. The van der Waals surface area contributed by atoms with Gasteiger partial charge in [-0.05, 0) is 29.8 Å². The summed E-state index contributed by atoms with van der Waals surface area (Å²) in [7, 11) is 0. The van der Waals surface area contributed by atoms with Gasteiger partial charge >= 0.3 is 0 Å². The first-order chi connectivity index (χ1) is 14.6. The zero-order valence-electron chi connectivity index (χ0n) is 16.0. The molecule has 3 heterocycles. The van der Waals surface area contributed by atoms with Crippen LogP contribution in [0.3, 0.4) is 0 Å². The predicted molar refractivity (Wildman–Crippen MR) is 123 cm³/mol. The first-order valence-electron chi connectivity index (χ1n) is 9.46. The second-order valence-electron chi connectivity index (χ2n) is 6.88. The number of ether oxygens (including phenoxy) is 1. The Morgan fingerprint density at radius 2 is 2.23 bits per heavy atom. The average molecular weight is 483 g/mol. The van der Waals surface area contributed by atoms with E-state index in [1.54, 1.807) is 6.20 Å². The third-order valence-corrected chi connectivity index (χ3v) is 7.47. The predicted octanol–water partition coefficient (Wildman–Crippen LogP) is 4.11. The van der Waals surface area contributed by atoms with Crippen LogP contribution < -0.4 is 5.32 Å². The van der Waals surface area contributed by atoms with E-state index in [0.717, 1.165) is 39.9 Å². The van der Waals surface area contributed by atoms with Crippen LogP contribution in [0.15, 0.2) is 40.9 Å². The van der Waals surface area contributed by atoms with Crippen LogP contribution >= 0.6 is 46.3 Å². The van der Waals surface area contributed by atoms with Crippen molar-refractivity contribution in [1.29, 1.82) is 0 Å². The van der Waals surface area contributed by atoms with Gasteiger partial charge in [0.25, 0.3) is 0 Å². The van der Waals surface area contributed by atoms with Gasteiger partial charge in [-0.15, -0.1) is 0 Å². The molecule has 0 saturated carbocycles. The summed E-state index contributed by atoms with van der Waals surface area (Å²) in [4.78, 5) is 24.2. The Morgan fingerprint density at radius 1 is 1.33 bits per heavy atom. The molecule has 1 fully saturated rings. The Kier molecular flexibility index (Phi) is 7.45. The van der Waals surface area contributed by atoms with Crippen LogP contribution in [0, 0.1) is 0 Å².